The maximum Gasteiger partial charge on any atom is 0.132 e. The predicted octanol–water partition coefficient (Wildman–Crippen LogP) is 7.53. The Morgan fingerprint density at radius 3 is 1.52 bits per heavy atom. The molecule has 0 aromatic heterocycles. The minimum Gasteiger partial charge on any atom is -0.457 e. The second-order valence-corrected chi connectivity index (χ2v) is 7.95. The van der Waals surface area contributed by atoms with E-state index in [0.29, 0.717) is 0 Å². The van der Waals surface area contributed by atoms with Crippen molar-refractivity contribution < 1.29 is 9.47 Å². The molecule has 0 unspecified atom stereocenters. The average molecular weight is 443 g/mol. The van der Waals surface area contributed by atoms with Gasteiger partial charge in [-0.15, -0.1) is 0 Å². The molecule has 0 N–H and O–H groups in total. The minimum atomic E-state index is 0.937. The Balaban J connectivity index is 0.000000125. The van der Waals surface area contributed by atoms with Gasteiger partial charge in [0.25, 0.3) is 0 Å². The fourth-order valence-corrected chi connectivity index (χ4v) is 4.18. The maximum atomic E-state index is 5.83. The molecule has 0 amide bonds. The summed E-state index contributed by atoms with van der Waals surface area (Å²) < 4.78 is 12.7. The molecule has 3 heteroatoms. The molecule has 6 rings (SSSR count). The van der Waals surface area contributed by atoms with Gasteiger partial charge in [-0.25, -0.2) is 0 Å². The van der Waals surface area contributed by atoms with Gasteiger partial charge in [0.2, 0.25) is 0 Å². The van der Waals surface area contributed by atoms with Gasteiger partial charge in [-0.05, 0) is 47.0 Å². The van der Waals surface area contributed by atoms with Gasteiger partial charge in [-0.3, -0.25) is 0 Å². The molecule has 29 heavy (non-hydrogen) atoms. The summed E-state index contributed by atoms with van der Waals surface area (Å²) in [6, 6.07) is 30.6. The van der Waals surface area contributed by atoms with Crippen molar-refractivity contribution in [3.63, 3.8) is 0 Å². The highest BCUT2D eigenvalue weighted by atomic mass is 79.9. The van der Waals surface area contributed by atoms with Crippen LogP contribution in [0.25, 0.3) is 0 Å². The van der Waals surface area contributed by atoms with Crippen LogP contribution in [0.1, 0.15) is 22.3 Å². The topological polar surface area (TPSA) is 18.5 Å². The second kappa shape index (κ2) is 7.76. The van der Waals surface area contributed by atoms with E-state index in [9.17, 15) is 0 Å². The van der Waals surface area contributed by atoms with Crippen molar-refractivity contribution in [2.45, 2.75) is 12.8 Å². The first-order valence-corrected chi connectivity index (χ1v) is 10.4. The zero-order valence-corrected chi connectivity index (χ0v) is 17.4. The van der Waals surface area contributed by atoms with E-state index >= 15 is 0 Å². The van der Waals surface area contributed by atoms with Crippen molar-refractivity contribution in [3.05, 3.63) is 118 Å². The third-order valence-corrected chi connectivity index (χ3v) is 5.92. The molecule has 0 radical (unpaired) electrons. The first-order chi connectivity index (χ1) is 14.3. The smallest absolute Gasteiger partial charge is 0.132 e. The Labute approximate surface area is 178 Å². The van der Waals surface area contributed by atoms with E-state index < -0.39 is 0 Å². The second-order valence-electron chi connectivity index (χ2n) is 7.10. The van der Waals surface area contributed by atoms with Crippen molar-refractivity contribution >= 4 is 15.9 Å². The average Bonchev–Trinajstić information content (AvgIpc) is 2.77. The maximum absolute atomic E-state index is 5.83. The molecule has 142 valence electrons. The van der Waals surface area contributed by atoms with Crippen molar-refractivity contribution in [3.8, 4) is 23.0 Å². The van der Waals surface area contributed by atoms with Crippen molar-refractivity contribution in [2.75, 3.05) is 0 Å². The molecule has 4 aromatic rings. The monoisotopic (exact) mass is 442 g/mol. The molecule has 0 spiro atoms. The van der Waals surface area contributed by atoms with Crippen LogP contribution in [0, 0.1) is 0 Å². The van der Waals surface area contributed by atoms with Gasteiger partial charge in [-0.1, -0.05) is 76.6 Å². The van der Waals surface area contributed by atoms with Crippen LogP contribution in [0.5, 0.6) is 23.0 Å². The van der Waals surface area contributed by atoms with Gasteiger partial charge in [-0.2, -0.15) is 0 Å². The summed E-state index contributed by atoms with van der Waals surface area (Å²) in [5, 5.41) is 0. The number of fused-ring (bicyclic) bond motifs is 4. The van der Waals surface area contributed by atoms with Gasteiger partial charge < -0.3 is 9.47 Å². The lowest BCUT2D eigenvalue weighted by molar-refractivity contribution is 0.459. The number of hydrogen-bond acceptors (Lipinski definition) is 2. The third-order valence-electron chi connectivity index (χ3n) is 5.18. The summed E-state index contributed by atoms with van der Waals surface area (Å²) in [4.78, 5) is 0. The van der Waals surface area contributed by atoms with E-state index in [0.717, 1.165) is 40.3 Å². The lowest BCUT2D eigenvalue weighted by atomic mass is 10.0. The van der Waals surface area contributed by atoms with E-state index in [-0.39, 0.29) is 0 Å². The van der Waals surface area contributed by atoms with Gasteiger partial charge >= 0.3 is 0 Å². The van der Waals surface area contributed by atoms with Gasteiger partial charge in [0.05, 0.1) is 0 Å². The molecular weight excluding hydrogens is 424 g/mol. The molecule has 2 aliphatic rings. The lowest BCUT2D eigenvalue weighted by Crippen LogP contribution is -2.03. The first kappa shape index (κ1) is 18.0. The summed E-state index contributed by atoms with van der Waals surface area (Å²) in [6.07, 6.45) is 1.92. The van der Waals surface area contributed by atoms with E-state index in [1.54, 1.807) is 0 Å². The fraction of sp³-hybridized carbons (Fsp3) is 0.0769. The van der Waals surface area contributed by atoms with Crippen LogP contribution in [0.15, 0.2) is 95.5 Å². The van der Waals surface area contributed by atoms with E-state index in [4.69, 9.17) is 9.47 Å². The Bertz CT molecular complexity index is 1100. The molecule has 0 fully saturated rings. The number of ether oxygens (including phenoxy) is 2. The standard InChI is InChI=1S/C13H9BrO.C13H10O/c14-11-5-3-7-13-10(11)8-9-4-1-2-6-12(9)15-13;1-3-7-12-10(5-1)9-11-6-2-4-8-13(11)14-12/h1-7H,8H2;1-8H,9H2. The van der Waals surface area contributed by atoms with Crippen LogP contribution in [0.4, 0.5) is 0 Å². The molecule has 4 aromatic carbocycles. The summed E-state index contributed by atoms with van der Waals surface area (Å²) in [5.74, 6) is 3.92. The van der Waals surface area contributed by atoms with Crippen molar-refractivity contribution in [1.29, 1.82) is 0 Å². The Morgan fingerprint density at radius 1 is 0.483 bits per heavy atom. The molecule has 0 aliphatic carbocycles. The van der Waals surface area contributed by atoms with E-state index in [2.05, 4.69) is 52.3 Å². The van der Waals surface area contributed by atoms with Crippen molar-refractivity contribution in [1.82, 2.24) is 0 Å². The van der Waals surface area contributed by atoms with Crippen LogP contribution < -0.4 is 9.47 Å². The van der Waals surface area contributed by atoms with Crippen LogP contribution in [-0.2, 0) is 12.8 Å². The third kappa shape index (κ3) is 3.66. The lowest BCUT2D eigenvalue weighted by Gasteiger charge is -2.20. The first-order valence-electron chi connectivity index (χ1n) is 9.65. The van der Waals surface area contributed by atoms with Crippen LogP contribution in [0.3, 0.4) is 0 Å². The predicted molar refractivity (Wildman–Crippen MR) is 119 cm³/mol. The highest BCUT2D eigenvalue weighted by Gasteiger charge is 2.18. The highest BCUT2D eigenvalue weighted by molar-refractivity contribution is 9.10. The fourth-order valence-electron chi connectivity index (χ4n) is 3.69. The number of benzene rings is 4. The Morgan fingerprint density at radius 2 is 0.931 bits per heavy atom. The number of hydrogen-bond donors (Lipinski definition) is 0. The largest absolute Gasteiger partial charge is 0.457 e. The van der Waals surface area contributed by atoms with Gasteiger partial charge in [0.15, 0.2) is 0 Å². The molecular formula is C26H19BrO2. The summed E-state index contributed by atoms with van der Waals surface area (Å²) in [7, 11) is 0. The Hall–Kier alpha value is -3.04. The summed E-state index contributed by atoms with van der Waals surface area (Å²) in [5.41, 5.74) is 5.02. The van der Waals surface area contributed by atoms with Gasteiger partial charge in [0.1, 0.15) is 23.0 Å². The molecule has 2 nitrogen and oxygen atoms in total. The highest BCUT2D eigenvalue weighted by Crippen LogP contribution is 2.39. The Kier molecular flexibility index (Phi) is 4.82. The minimum absolute atomic E-state index is 0.937. The van der Waals surface area contributed by atoms with E-state index in [1.165, 1.54) is 22.3 Å². The number of para-hydroxylation sites is 3. The summed E-state index contributed by atoms with van der Waals surface area (Å²) >= 11 is 3.55. The van der Waals surface area contributed by atoms with Crippen LogP contribution in [-0.4, -0.2) is 0 Å². The quantitative estimate of drug-likeness (QED) is 0.242. The number of halogens is 1. The normalized spacial score (nSPS) is 12.6. The summed E-state index contributed by atoms with van der Waals surface area (Å²) in [6.45, 7) is 0. The SMILES string of the molecule is Brc1cccc2c1Cc1ccccc1O2.c1ccc2c(c1)Cc1ccccc1O2. The zero-order chi connectivity index (χ0) is 19.6. The van der Waals surface area contributed by atoms with Crippen LogP contribution >= 0.6 is 15.9 Å². The van der Waals surface area contributed by atoms with Crippen LogP contribution in [0.2, 0.25) is 0 Å². The van der Waals surface area contributed by atoms with Crippen molar-refractivity contribution in [2.24, 2.45) is 0 Å². The number of rotatable bonds is 0. The molecule has 2 aliphatic heterocycles. The van der Waals surface area contributed by atoms with Gasteiger partial charge in [0, 0.05) is 22.9 Å². The molecule has 0 saturated carbocycles. The molecule has 0 atom stereocenters. The molecule has 0 saturated heterocycles. The molecule has 0 bridgehead atoms. The molecule has 2 heterocycles. The van der Waals surface area contributed by atoms with E-state index in [1.807, 2.05) is 54.6 Å². The zero-order valence-electron chi connectivity index (χ0n) is 15.8.